The minimum Gasteiger partial charge on any atom is -0.361 e. The lowest BCUT2D eigenvalue weighted by atomic mass is 9.97. The number of amides is 1. The van der Waals surface area contributed by atoms with Crippen LogP contribution < -0.4 is 4.90 Å². The molecule has 1 fully saturated rings. The van der Waals surface area contributed by atoms with Crippen LogP contribution in [-0.2, 0) is 12.8 Å². The molecule has 3 aromatic heterocycles. The molecule has 8 nitrogen and oxygen atoms in total. The van der Waals surface area contributed by atoms with Gasteiger partial charge in [-0.2, -0.15) is 5.10 Å². The first-order valence-corrected chi connectivity index (χ1v) is 9.53. The van der Waals surface area contributed by atoms with E-state index in [9.17, 15) is 4.79 Å². The topological polar surface area (TPSA) is 79.8 Å². The van der Waals surface area contributed by atoms with Crippen LogP contribution in [0.2, 0.25) is 0 Å². The number of aryl methyl sites for hydroxylation is 3. The maximum Gasteiger partial charge on any atom is 0.276 e. The number of rotatable bonds is 2. The van der Waals surface area contributed by atoms with E-state index >= 15 is 0 Å². The molecule has 0 bridgehead atoms. The maximum absolute atomic E-state index is 12.6. The van der Waals surface area contributed by atoms with Crippen molar-refractivity contribution in [1.82, 2.24) is 24.7 Å². The molecule has 1 aliphatic heterocycles. The molecular weight excluding hydrogens is 344 g/mol. The third-order valence-electron chi connectivity index (χ3n) is 5.51. The van der Waals surface area contributed by atoms with Crippen molar-refractivity contribution in [1.29, 1.82) is 0 Å². The SMILES string of the molecule is Cc1cc(C(=O)N2CCN(c3nccn4nc5c(c34)CCCC5)CC2)no1. The molecule has 140 valence electrons. The zero-order valence-electron chi connectivity index (χ0n) is 15.4. The highest BCUT2D eigenvalue weighted by Gasteiger charge is 2.27. The summed E-state index contributed by atoms with van der Waals surface area (Å²) in [6.45, 7) is 4.57. The molecule has 8 heteroatoms. The first-order valence-electron chi connectivity index (χ1n) is 9.53. The lowest BCUT2D eigenvalue weighted by molar-refractivity contribution is 0.0736. The van der Waals surface area contributed by atoms with E-state index in [1.807, 2.05) is 21.8 Å². The van der Waals surface area contributed by atoms with Gasteiger partial charge in [0.05, 0.1) is 5.69 Å². The number of aromatic nitrogens is 4. The molecule has 0 radical (unpaired) electrons. The molecule has 0 spiro atoms. The number of anilines is 1. The fraction of sp³-hybridized carbons (Fsp3) is 0.474. The third kappa shape index (κ3) is 2.75. The van der Waals surface area contributed by atoms with Crippen molar-refractivity contribution in [2.75, 3.05) is 31.1 Å². The summed E-state index contributed by atoms with van der Waals surface area (Å²) >= 11 is 0. The van der Waals surface area contributed by atoms with E-state index in [1.54, 1.807) is 13.0 Å². The second-order valence-corrected chi connectivity index (χ2v) is 7.28. The van der Waals surface area contributed by atoms with Gasteiger partial charge in [-0.05, 0) is 32.6 Å². The molecule has 0 atom stereocenters. The van der Waals surface area contributed by atoms with Crippen LogP contribution in [0.1, 0.15) is 40.3 Å². The van der Waals surface area contributed by atoms with Crippen LogP contribution in [-0.4, -0.2) is 56.7 Å². The summed E-state index contributed by atoms with van der Waals surface area (Å²) in [5, 5.41) is 8.61. The summed E-state index contributed by atoms with van der Waals surface area (Å²) in [5.41, 5.74) is 4.08. The van der Waals surface area contributed by atoms with Crippen LogP contribution >= 0.6 is 0 Å². The van der Waals surface area contributed by atoms with Crippen LogP contribution in [0.25, 0.3) is 5.52 Å². The second-order valence-electron chi connectivity index (χ2n) is 7.28. The van der Waals surface area contributed by atoms with Crippen LogP contribution in [0.15, 0.2) is 23.0 Å². The molecular formula is C19H22N6O2. The van der Waals surface area contributed by atoms with Crippen LogP contribution in [0.5, 0.6) is 0 Å². The standard InChI is InChI=1S/C19H22N6O2/c1-13-12-16(22-27-13)19(26)24-10-8-23(9-11-24)18-17-14-4-2-3-5-15(14)21-25(17)7-6-20-18/h6-7,12H,2-5,8-11H2,1H3. The quantitative estimate of drug-likeness (QED) is 0.689. The molecule has 2 aliphatic rings. The minimum absolute atomic E-state index is 0.0700. The number of nitrogens with zero attached hydrogens (tertiary/aromatic N) is 6. The molecule has 3 aromatic rings. The third-order valence-corrected chi connectivity index (χ3v) is 5.51. The predicted octanol–water partition coefficient (Wildman–Crippen LogP) is 1.87. The highest BCUT2D eigenvalue weighted by atomic mass is 16.5. The summed E-state index contributed by atoms with van der Waals surface area (Å²) in [4.78, 5) is 21.4. The van der Waals surface area contributed by atoms with E-state index in [4.69, 9.17) is 9.62 Å². The Hall–Kier alpha value is -2.90. The molecule has 1 aliphatic carbocycles. The van der Waals surface area contributed by atoms with Gasteiger partial charge >= 0.3 is 0 Å². The average Bonchev–Trinajstić information content (AvgIpc) is 3.31. The molecule has 0 unspecified atom stereocenters. The van der Waals surface area contributed by atoms with Gasteiger partial charge in [-0.3, -0.25) is 4.79 Å². The van der Waals surface area contributed by atoms with Crippen molar-refractivity contribution in [2.45, 2.75) is 32.6 Å². The first-order chi connectivity index (χ1) is 13.2. The summed E-state index contributed by atoms with van der Waals surface area (Å²) in [6, 6.07) is 1.69. The fourth-order valence-corrected chi connectivity index (χ4v) is 4.13. The van der Waals surface area contributed by atoms with Gasteiger partial charge in [0.25, 0.3) is 5.91 Å². The van der Waals surface area contributed by atoms with Crippen molar-refractivity contribution in [3.63, 3.8) is 0 Å². The van der Waals surface area contributed by atoms with Crippen LogP contribution in [0.4, 0.5) is 5.82 Å². The Labute approximate surface area is 156 Å². The highest BCUT2D eigenvalue weighted by molar-refractivity contribution is 5.92. The molecule has 27 heavy (non-hydrogen) atoms. The molecule has 0 N–H and O–H groups in total. The summed E-state index contributed by atoms with van der Waals surface area (Å²) < 4.78 is 7.01. The number of carbonyl (C=O) groups excluding carboxylic acids is 1. The minimum atomic E-state index is -0.0700. The lowest BCUT2D eigenvalue weighted by Gasteiger charge is -2.35. The Kier molecular flexibility index (Phi) is 3.84. The van der Waals surface area contributed by atoms with Crippen molar-refractivity contribution in [3.05, 3.63) is 41.2 Å². The van der Waals surface area contributed by atoms with Gasteiger partial charge in [-0.1, -0.05) is 5.16 Å². The number of fused-ring (bicyclic) bond motifs is 3. The van der Waals surface area contributed by atoms with E-state index in [0.29, 0.717) is 24.5 Å². The zero-order valence-corrected chi connectivity index (χ0v) is 15.4. The van der Waals surface area contributed by atoms with Gasteiger partial charge in [-0.25, -0.2) is 9.50 Å². The maximum atomic E-state index is 12.6. The zero-order chi connectivity index (χ0) is 18.4. The molecule has 5 rings (SSSR count). The van der Waals surface area contributed by atoms with Crippen molar-refractivity contribution in [2.24, 2.45) is 0 Å². The van der Waals surface area contributed by atoms with Crippen molar-refractivity contribution >= 4 is 17.2 Å². The number of piperazine rings is 1. The van der Waals surface area contributed by atoms with E-state index in [-0.39, 0.29) is 5.91 Å². The molecule has 0 aromatic carbocycles. The number of hydrogen-bond donors (Lipinski definition) is 0. The van der Waals surface area contributed by atoms with Gasteiger partial charge in [0.15, 0.2) is 11.5 Å². The van der Waals surface area contributed by atoms with Crippen molar-refractivity contribution in [3.8, 4) is 0 Å². The second kappa shape index (κ2) is 6.37. The Morgan fingerprint density at radius 1 is 1.15 bits per heavy atom. The Balaban J connectivity index is 1.38. The van der Waals surface area contributed by atoms with E-state index in [1.165, 1.54) is 24.1 Å². The normalized spacial score (nSPS) is 17.4. The summed E-state index contributed by atoms with van der Waals surface area (Å²) in [7, 11) is 0. The predicted molar refractivity (Wildman–Crippen MR) is 99.0 cm³/mol. The summed E-state index contributed by atoms with van der Waals surface area (Å²) in [5.74, 6) is 1.57. The molecule has 1 saturated heterocycles. The monoisotopic (exact) mass is 366 g/mol. The summed E-state index contributed by atoms with van der Waals surface area (Å²) in [6.07, 6.45) is 8.29. The Morgan fingerprint density at radius 2 is 1.96 bits per heavy atom. The van der Waals surface area contributed by atoms with Gasteiger partial charge in [0.2, 0.25) is 0 Å². The van der Waals surface area contributed by atoms with Crippen LogP contribution in [0, 0.1) is 6.92 Å². The van der Waals surface area contributed by atoms with Gasteiger partial charge < -0.3 is 14.3 Å². The van der Waals surface area contributed by atoms with Crippen LogP contribution in [0.3, 0.4) is 0 Å². The molecule has 0 saturated carbocycles. The molecule has 1 amide bonds. The average molecular weight is 366 g/mol. The van der Waals surface area contributed by atoms with Gasteiger partial charge in [0, 0.05) is 50.2 Å². The van der Waals surface area contributed by atoms with E-state index < -0.39 is 0 Å². The largest absolute Gasteiger partial charge is 0.361 e. The Bertz CT molecular complexity index is 999. The van der Waals surface area contributed by atoms with Gasteiger partial charge in [0.1, 0.15) is 11.3 Å². The van der Waals surface area contributed by atoms with E-state index in [2.05, 4.69) is 15.0 Å². The smallest absolute Gasteiger partial charge is 0.276 e. The molecule has 4 heterocycles. The Morgan fingerprint density at radius 3 is 2.74 bits per heavy atom. The van der Waals surface area contributed by atoms with Gasteiger partial charge in [-0.15, -0.1) is 0 Å². The number of carbonyl (C=O) groups is 1. The first kappa shape index (κ1) is 16.3. The highest BCUT2D eigenvalue weighted by Crippen LogP contribution is 2.30. The number of hydrogen-bond acceptors (Lipinski definition) is 6. The van der Waals surface area contributed by atoms with Crippen molar-refractivity contribution < 1.29 is 9.32 Å². The fourth-order valence-electron chi connectivity index (χ4n) is 4.13. The van der Waals surface area contributed by atoms with E-state index in [0.717, 1.165) is 37.3 Å². The lowest BCUT2D eigenvalue weighted by Crippen LogP contribution is -2.49.